The summed E-state index contributed by atoms with van der Waals surface area (Å²) in [5, 5.41) is 2.66. The van der Waals surface area contributed by atoms with Crippen LogP contribution in [0, 0.1) is 0 Å². The molecule has 7 heteroatoms. The fraction of sp³-hybridized carbons (Fsp3) is 0.591. The van der Waals surface area contributed by atoms with E-state index in [-0.39, 0.29) is 17.3 Å². The summed E-state index contributed by atoms with van der Waals surface area (Å²) in [4.78, 5) is 29.9. The fourth-order valence-corrected chi connectivity index (χ4v) is 3.41. The maximum atomic E-state index is 12.1. The van der Waals surface area contributed by atoms with Gasteiger partial charge in [0.1, 0.15) is 0 Å². The van der Waals surface area contributed by atoms with Crippen molar-refractivity contribution in [1.82, 2.24) is 0 Å². The molecule has 29 heavy (non-hydrogen) atoms. The lowest BCUT2D eigenvalue weighted by Crippen LogP contribution is -2.12. The highest BCUT2D eigenvalue weighted by Crippen LogP contribution is 2.40. The molecule has 1 aromatic carbocycles. The van der Waals surface area contributed by atoms with E-state index in [0.29, 0.717) is 6.42 Å². The zero-order valence-corrected chi connectivity index (χ0v) is 18.4. The van der Waals surface area contributed by atoms with E-state index >= 15 is 0 Å². The number of amides is 1. The van der Waals surface area contributed by atoms with Crippen molar-refractivity contribution < 1.29 is 23.7 Å². The molecule has 0 bridgehead atoms. The van der Waals surface area contributed by atoms with Crippen molar-refractivity contribution >= 4 is 19.4 Å². The summed E-state index contributed by atoms with van der Waals surface area (Å²) in [5.74, 6) is -0.217. The molecule has 0 aliphatic rings. The van der Waals surface area contributed by atoms with Crippen LogP contribution in [0.3, 0.4) is 0 Å². The minimum Gasteiger partial charge on any atom is -0.402 e. The lowest BCUT2D eigenvalue weighted by Gasteiger charge is -2.12. The summed E-state index contributed by atoms with van der Waals surface area (Å²) in [6.07, 6.45) is 17.8. The number of benzene rings is 1. The van der Waals surface area contributed by atoms with Crippen LogP contribution < -0.4 is 9.84 Å². The first-order valence-corrected chi connectivity index (χ1v) is 12.2. The minimum absolute atomic E-state index is 0.0346. The van der Waals surface area contributed by atoms with Crippen LogP contribution in [0.2, 0.25) is 0 Å². The third-order valence-electron chi connectivity index (χ3n) is 4.54. The molecule has 0 saturated heterocycles. The molecule has 0 fully saturated rings. The summed E-state index contributed by atoms with van der Waals surface area (Å²) in [6.45, 7) is 2.23. The molecule has 0 aliphatic heterocycles. The van der Waals surface area contributed by atoms with Gasteiger partial charge in [-0.15, -0.1) is 0 Å². The predicted molar refractivity (Wildman–Crippen MR) is 118 cm³/mol. The summed E-state index contributed by atoms with van der Waals surface area (Å²) in [7, 11) is -4.67. The van der Waals surface area contributed by atoms with Crippen molar-refractivity contribution in [2.75, 3.05) is 5.32 Å². The standard InChI is InChI=1S/C22H36NO5P/c1-2-3-4-5-6-7-8-9-10-11-12-13-14-19-22(24)23-20-17-15-16-18-21(20)28-29(25,26)27/h7-8,15-18H,2-6,9-14,19H2,1H3,(H,23,24)(H2,25,26,27)/b8-7-. The zero-order chi connectivity index (χ0) is 21.4. The molecule has 1 aromatic rings. The highest BCUT2D eigenvalue weighted by Gasteiger charge is 2.18. The van der Waals surface area contributed by atoms with Crippen LogP contribution in [-0.4, -0.2) is 15.7 Å². The Labute approximate surface area is 175 Å². The van der Waals surface area contributed by atoms with E-state index in [2.05, 4.69) is 28.9 Å². The third kappa shape index (κ3) is 14.1. The number of para-hydroxylation sites is 2. The number of phosphoric ester groups is 1. The second kappa shape index (κ2) is 15.3. The number of anilines is 1. The van der Waals surface area contributed by atoms with E-state index in [1.807, 2.05) is 0 Å². The van der Waals surface area contributed by atoms with Crippen molar-refractivity contribution in [3.63, 3.8) is 0 Å². The fourth-order valence-electron chi connectivity index (χ4n) is 2.99. The number of nitrogens with one attached hydrogen (secondary N) is 1. The smallest absolute Gasteiger partial charge is 0.402 e. The average molecular weight is 426 g/mol. The van der Waals surface area contributed by atoms with Gasteiger partial charge in [0.05, 0.1) is 5.69 Å². The van der Waals surface area contributed by atoms with Crippen LogP contribution in [0.1, 0.15) is 84.0 Å². The molecule has 1 rings (SSSR count). The number of carbonyl (C=O) groups is 1. The number of unbranched alkanes of at least 4 members (excludes halogenated alkanes) is 9. The van der Waals surface area contributed by atoms with E-state index < -0.39 is 7.82 Å². The van der Waals surface area contributed by atoms with Gasteiger partial charge in [-0.25, -0.2) is 4.57 Å². The van der Waals surface area contributed by atoms with Crippen molar-refractivity contribution in [3.8, 4) is 5.75 Å². The quantitative estimate of drug-likeness (QED) is 0.163. The van der Waals surface area contributed by atoms with Crippen molar-refractivity contribution in [2.45, 2.75) is 84.0 Å². The van der Waals surface area contributed by atoms with Crippen molar-refractivity contribution in [1.29, 1.82) is 0 Å². The highest BCUT2D eigenvalue weighted by molar-refractivity contribution is 7.46. The monoisotopic (exact) mass is 425 g/mol. The van der Waals surface area contributed by atoms with Crippen molar-refractivity contribution in [2.24, 2.45) is 0 Å². The molecule has 0 aliphatic carbocycles. The molecule has 1 amide bonds. The molecule has 6 nitrogen and oxygen atoms in total. The Bertz CT molecular complexity index is 656. The van der Waals surface area contributed by atoms with E-state index in [9.17, 15) is 9.36 Å². The van der Waals surface area contributed by atoms with Crippen molar-refractivity contribution in [3.05, 3.63) is 36.4 Å². The number of hydrogen-bond donors (Lipinski definition) is 3. The van der Waals surface area contributed by atoms with Crippen LogP contribution in [0.15, 0.2) is 36.4 Å². The molecule has 164 valence electrons. The van der Waals surface area contributed by atoms with Crippen LogP contribution in [0.4, 0.5) is 5.69 Å². The minimum atomic E-state index is -4.67. The number of carbonyl (C=O) groups excluding carboxylic acids is 1. The number of hydrogen-bond acceptors (Lipinski definition) is 3. The van der Waals surface area contributed by atoms with Gasteiger partial charge in [0.2, 0.25) is 5.91 Å². The summed E-state index contributed by atoms with van der Waals surface area (Å²) >= 11 is 0. The van der Waals surface area contributed by atoms with Gasteiger partial charge < -0.3 is 9.84 Å². The lowest BCUT2D eigenvalue weighted by molar-refractivity contribution is -0.116. The SMILES string of the molecule is CCCCCC/C=C\CCCCCCCC(=O)Nc1ccccc1OP(=O)(O)O. The normalized spacial score (nSPS) is 11.7. The topological polar surface area (TPSA) is 95.9 Å². The predicted octanol–water partition coefficient (Wildman–Crippen LogP) is 6.35. The zero-order valence-electron chi connectivity index (χ0n) is 17.5. The maximum Gasteiger partial charge on any atom is 0.524 e. The Morgan fingerprint density at radius 1 is 0.966 bits per heavy atom. The van der Waals surface area contributed by atoms with Gasteiger partial charge in [-0.2, -0.15) is 0 Å². The van der Waals surface area contributed by atoms with E-state index in [0.717, 1.165) is 25.7 Å². The number of phosphoric acid groups is 1. The van der Waals surface area contributed by atoms with Crippen LogP contribution >= 0.6 is 7.82 Å². The highest BCUT2D eigenvalue weighted by atomic mass is 31.2. The molecule has 0 atom stereocenters. The lowest BCUT2D eigenvalue weighted by atomic mass is 10.1. The van der Waals surface area contributed by atoms with E-state index in [1.54, 1.807) is 18.2 Å². The average Bonchev–Trinajstić information content (AvgIpc) is 2.66. The number of rotatable bonds is 16. The van der Waals surface area contributed by atoms with Gasteiger partial charge in [-0.3, -0.25) is 14.6 Å². The van der Waals surface area contributed by atoms with Crippen LogP contribution in [-0.2, 0) is 9.36 Å². The second-order valence-electron chi connectivity index (χ2n) is 7.25. The van der Waals surface area contributed by atoms with Gasteiger partial charge in [0.25, 0.3) is 0 Å². The first-order valence-electron chi connectivity index (χ1n) is 10.7. The summed E-state index contributed by atoms with van der Waals surface area (Å²) in [6, 6.07) is 6.22. The molecule has 0 radical (unpaired) electrons. The molecule has 0 unspecified atom stereocenters. The first-order chi connectivity index (χ1) is 13.9. The third-order valence-corrected chi connectivity index (χ3v) is 4.98. The van der Waals surface area contributed by atoms with Crippen LogP contribution in [0.5, 0.6) is 5.75 Å². The molecule has 3 N–H and O–H groups in total. The van der Waals surface area contributed by atoms with E-state index in [1.165, 1.54) is 51.0 Å². The Morgan fingerprint density at radius 2 is 1.55 bits per heavy atom. The summed E-state index contributed by atoms with van der Waals surface area (Å²) in [5.41, 5.74) is 0.266. The Morgan fingerprint density at radius 3 is 2.21 bits per heavy atom. The maximum absolute atomic E-state index is 12.1. The Hall–Kier alpha value is -1.62. The molecular weight excluding hydrogens is 389 g/mol. The molecule has 0 aromatic heterocycles. The summed E-state index contributed by atoms with van der Waals surface area (Å²) < 4.78 is 15.6. The first kappa shape index (κ1) is 25.4. The molecule has 0 heterocycles. The molecule has 0 spiro atoms. The van der Waals surface area contributed by atoms with Gasteiger partial charge in [0, 0.05) is 6.42 Å². The molecule has 0 saturated carbocycles. The number of allylic oxidation sites excluding steroid dienone is 2. The van der Waals surface area contributed by atoms with Gasteiger partial charge in [-0.05, 0) is 44.2 Å². The van der Waals surface area contributed by atoms with E-state index in [4.69, 9.17) is 9.79 Å². The van der Waals surface area contributed by atoms with Gasteiger partial charge >= 0.3 is 7.82 Å². The van der Waals surface area contributed by atoms with Crippen LogP contribution in [0.25, 0.3) is 0 Å². The Kier molecular flexibility index (Phi) is 13.4. The largest absolute Gasteiger partial charge is 0.524 e. The second-order valence-corrected chi connectivity index (χ2v) is 8.42. The molecular formula is C22H36NO5P. The van der Waals surface area contributed by atoms with Gasteiger partial charge in [-0.1, -0.05) is 69.7 Å². The Balaban J connectivity index is 2.11. The van der Waals surface area contributed by atoms with Gasteiger partial charge in [0.15, 0.2) is 5.75 Å².